The minimum atomic E-state index is -0.0476. The highest BCUT2D eigenvalue weighted by atomic mass is 16.2. The second kappa shape index (κ2) is 4.75. The second-order valence-electron chi connectivity index (χ2n) is 4.71. The van der Waals surface area contributed by atoms with Gasteiger partial charge in [0.2, 0.25) is 0 Å². The fourth-order valence-corrected chi connectivity index (χ4v) is 2.16. The van der Waals surface area contributed by atoms with E-state index < -0.39 is 0 Å². The van der Waals surface area contributed by atoms with Gasteiger partial charge in [-0.05, 0) is 17.5 Å². The van der Waals surface area contributed by atoms with Crippen molar-refractivity contribution in [1.82, 2.24) is 5.32 Å². The van der Waals surface area contributed by atoms with E-state index in [1.807, 2.05) is 18.2 Å². The molecule has 1 aromatic carbocycles. The van der Waals surface area contributed by atoms with E-state index in [2.05, 4.69) is 25.2 Å². The minimum Gasteiger partial charge on any atom is -0.332 e. The Morgan fingerprint density at radius 2 is 2.18 bits per heavy atom. The molecule has 17 heavy (non-hydrogen) atoms. The Balaban J connectivity index is 2.31. The zero-order valence-electron chi connectivity index (χ0n) is 10.3. The van der Waals surface area contributed by atoms with Gasteiger partial charge in [0.15, 0.2) is 0 Å². The van der Waals surface area contributed by atoms with Gasteiger partial charge in [-0.1, -0.05) is 32.0 Å². The highest BCUT2D eigenvalue weighted by Gasteiger charge is 2.30. The molecule has 0 radical (unpaired) electrons. The molecule has 1 saturated heterocycles. The van der Waals surface area contributed by atoms with Crippen LogP contribution >= 0.6 is 0 Å². The Kier molecular flexibility index (Phi) is 3.33. The van der Waals surface area contributed by atoms with Gasteiger partial charge in [0.05, 0.1) is 6.04 Å². The average molecular weight is 233 g/mol. The lowest BCUT2D eigenvalue weighted by Crippen LogP contribution is -2.33. The van der Waals surface area contributed by atoms with Crippen LogP contribution in [0, 0.1) is 0 Å². The van der Waals surface area contributed by atoms with Crippen LogP contribution in [0.2, 0.25) is 0 Å². The second-order valence-corrected chi connectivity index (χ2v) is 4.71. The Labute approximate surface area is 102 Å². The van der Waals surface area contributed by atoms with Crippen molar-refractivity contribution in [1.29, 1.82) is 0 Å². The first kappa shape index (κ1) is 11.9. The van der Waals surface area contributed by atoms with E-state index in [4.69, 9.17) is 5.73 Å². The number of nitrogens with one attached hydrogen (secondary N) is 1. The van der Waals surface area contributed by atoms with E-state index in [9.17, 15) is 4.79 Å². The van der Waals surface area contributed by atoms with Gasteiger partial charge in [-0.2, -0.15) is 0 Å². The lowest BCUT2D eigenvalue weighted by Gasteiger charge is -2.20. The topological polar surface area (TPSA) is 58.4 Å². The van der Waals surface area contributed by atoms with Gasteiger partial charge in [-0.25, -0.2) is 4.79 Å². The summed E-state index contributed by atoms with van der Waals surface area (Å²) in [5, 5.41) is 2.88. The summed E-state index contributed by atoms with van der Waals surface area (Å²) in [5.41, 5.74) is 7.78. The molecule has 1 atom stereocenters. The van der Waals surface area contributed by atoms with Crippen LogP contribution in [0.25, 0.3) is 0 Å². The number of nitrogens with zero attached hydrogens (tertiary/aromatic N) is 1. The number of hydrogen-bond donors (Lipinski definition) is 2. The molecule has 1 aliphatic heterocycles. The Morgan fingerprint density at radius 3 is 2.76 bits per heavy atom. The van der Waals surface area contributed by atoms with Crippen LogP contribution in [0.1, 0.15) is 25.3 Å². The third-order valence-corrected chi connectivity index (χ3v) is 3.11. The van der Waals surface area contributed by atoms with E-state index in [0.29, 0.717) is 19.0 Å². The van der Waals surface area contributed by atoms with Gasteiger partial charge in [0.25, 0.3) is 0 Å². The molecule has 1 fully saturated rings. The molecule has 92 valence electrons. The van der Waals surface area contributed by atoms with E-state index in [1.165, 1.54) is 5.56 Å². The summed E-state index contributed by atoms with van der Waals surface area (Å²) in [5.74, 6) is 0.399. The number of para-hydroxylation sites is 1. The highest BCUT2D eigenvalue weighted by Crippen LogP contribution is 2.28. The Hall–Kier alpha value is -1.55. The number of urea groups is 1. The van der Waals surface area contributed by atoms with E-state index >= 15 is 0 Å². The SMILES string of the molecule is CC(C)c1ccccc1N1CC(CN)NC1=O. The molecule has 4 nitrogen and oxygen atoms in total. The Morgan fingerprint density at radius 1 is 1.47 bits per heavy atom. The first-order chi connectivity index (χ1) is 8.13. The highest BCUT2D eigenvalue weighted by molar-refractivity contribution is 5.95. The van der Waals surface area contributed by atoms with E-state index in [-0.39, 0.29) is 12.1 Å². The number of hydrogen-bond acceptors (Lipinski definition) is 2. The zero-order chi connectivity index (χ0) is 12.4. The van der Waals surface area contributed by atoms with Crippen molar-refractivity contribution in [3.05, 3.63) is 29.8 Å². The number of carbonyl (C=O) groups excluding carboxylic acids is 1. The maximum atomic E-state index is 11.9. The predicted octanol–water partition coefficient (Wildman–Crippen LogP) is 1.67. The molecular weight excluding hydrogens is 214 g/mol. The van der Waals surface area contributed by atoms with Crippen LogP contribution in [-0.4, -0.2) is 25.2 Å². The molecule has 1 heterocycles. The molecule has 1 aromatic rings. The lowest BCUT2D eigenvalue weighted by molar-refractivity contribution is 0.251. The normalized spacial score (nSPS) is 19.9. The van der Waals surface area contributed by atoms with Crippen LogP contribution in [0.3, 0.4) is 0 Å². The molecule has 0 bridgehead atoms. The first-order valence-electron chi connectivity index (χ1n) is 6.00. The summed E-state index contributed by atoms with van der Waals surface area (Å²) in [6.45, 7) is 5.39. The van der Waals surface area contributed by atoms with Gasteiger partial charge in [-0.3, -0.25) is 4.90 Å². The largest absolute Gasteiger partial charge is 0.332 e. The van der Waals surface area contributed by atoms with Crippen molar-refractivity contribution in [2.24, 2.45) is 5.73 Å². The summed E-state index contributed by atoms with van der Waals surface area (Å²) in [6.07, 6.45) is 0. The average Bonchev–Trinajstić information content (AvgIpc) is 2.70. The number of nitrogens with two attached hydrogens (primary N) is 1. The molecule has 0 spiro atoms. The summed E-state index contributed by atoms with van der Waals surface area (Å²) in [7, 11) is 0. The fraction of sp³-hybridized carbons (Fsp3) is 0.462. The predicted molar refractivity (Wildman–Crippen MR) is 69.3 cm³/mol. The van der Waals surface area contributed by atoms with Crippen LogP contribution in [0.4, 0.5) is 10.5 Å². The summed E-state index contributed by atoms with van der Waals surface area (Å²) >= 11 is 0. The van der Waals surface area contributed by atoms with Gasteiger partial charge < -0.3 is 11.1 Å². The number of rotatable bonds is 3. The van der Waals surface area contributed by atoms with Crippen LogP contribution in [-0.2, 0) is 0 Å². The smallest absolute Gasteiger partial charge is 0.322 e. The maximum absolute atomic E-state index is 11.9. The van der Waals surface area contributed by atoms with Crippen LogP contribution in [0.15, 0.2) is 24.3 Å². The molecule has 0 aromatic heterocycles. The minimum absolute atomic E-state index is 0.0476. The third kappa shape index (κ3) is 2.26. The Bertz CT molecular complexity index is 417. The molecule has 3 N–H and O–H groups in total. The van der Waals surface area contributed by atoms with Gasteiger partial charge in [0.1, 0.15) is 0 Å². The molecule has 2 amide bonds. The van der Waals surface area contributed by atoms with Crippen molar-refractivity contribution in [3.63, 3.8) is 0 Å². The number of amides is 2. The van der Waals surface area contributed by atoms with Crippen molar-refractivity contribution in [2.45, 2.75) is 25.8 Å². The molecule has 4 heteroatoms. The lowest BCUT2D eigenvalue weighted by atomic mass is 10.0. The summed E-state index contributed by atoms with van der Waals surface area (Å²) in [4.78, 5) is 13.7. The third-order valence-electron chi connectivity index (χ3n) is 3.11. The van der Waals surface area contributed by atoms with Crippen LogP contribution < -0.4 is 16.0 Å². The molecule has 2 rings (SSSR count). The van der Waals surface area contributed by atoms with Crippen LogP contribution in [0.5, 0.6) is 0 Å². The van der Waals surface area contributed by atoms with Crippen molar-refractivity contribution < 1.29 is 4.79 Å². The zero-order valence-corrected chi connectivity index (χ0v) is 10.3. The first-order valence-corrected chi connectivity index (χ1v) is 6.00. The van der Waals surface area contributed by atoms with Crippen molar-refractivity contribution in [2.75, 3.05) is 18.0 Å². The summed E-state index contributed by atoms with van der Waals surface area (Å²) < 4.78 is 0. The summed E-state index contributed by atoms with van der Waals surface area (Å²) in [6, 6.07) is 8.05. The van der Waals surface area contributed by atoms with Gasteiger partial charge in [0, 0.05) is 18.8 Å². The molecule has 1 unspecified atom stereocenters. The van der Waals surface area contributed by atoms with E-state index in [0.717, 1.165) is 5.69 Å². The number of benzene rings is 1. The molecular formula is C13H19N3O. The number of carbonyl (C=O) groups is 1. The van der Waals surface area contributed by atoms with E-state index in [1.54, 1.807) is 4.90 Å². The van der Waals surface area contributed by atoms with Gasteiger partial charge >= 0.3 is 6.03 Å². The maximum Gasteiger partial charge on any atom is 0.322 e. The number of anilines is 1. The molecule has 0 saturated carbocycles. The van der Waals surface area contributed by atoms with Crippen molar-refractivity contribution >= 4 is 11.7 Å². The molecule has 0 aliphatic carbocycles. The van der Waals surface area contributed by atoms with Crippen molar-refractivity contribution in [3.8, 4) is 0 Å². The monoisotopic (exact) mass is 233 g/mol. The fourth-order valence-electron chi connectivity index (χ4n) is 2.16. The molecule has 1 aliphatic rings. The van der Waals surface area contributed by atoms with Gasteiger partial charge in [-0.15, -0.1) is 0 Å². The standard InChI is InChI=1S/C13H19N3O/c1-9(2)11-5-3-4-6-12(11)16-8-10(7-14)15-13(16)17/h3-6,9-10H,7-8,14H2,1-2H3,(H,15,17). The quantitative estimate of drug-likeness (QED) is 0.834.